The van der Waals surface area contributed by atoms with E-state index in [4.69, 9.17) is 14.5 Å². The molecule has 2 fully saturated rings. The van der Waals surface area contributed by atoms with E-state index in [1.165, 1.54) is 11.1 Å². The maximum Gasteiger partial charge on any atom is 0.240 e. The lowest BCUT2D eigenvalue weighted by atomic mass is 9.66. The van der Waals surface area contributed by atoms with Crippen LogP contribution in [0.3, 0.4) is 0 Å². The van der Waals surface area contributed by atoms with Crippen molar-refractivity contribution in [2.75, 3.05) is 13.2 Å². The Bertz CT molecular complexity index is 1180. The van der Waals surface area contributed by atoms with Gasteiger partial charge in [-0.05, 0) is 54.2 Å². The summed E-state index contributed by atoms with van der Waals surface area (Å²) < 4.78 is 12.8. The zero-order chi connectivity index (χ0) is 25.0. The number of aromatic nitrogens is 1. The van der Waals surface area contributed by atoms with Gasteiger partial charge >= 0.3 is 0 Å². The van der Waals surface area contributed by atoms with E-state index in [-0.39, 0.29) is 22.4 Å². The third-order valence-corrected chi connectivity index (χ3v) is 7.87. The van der Waals surface area contributed by atoms with Crippen molar-refractivity contribution in [3.05, 3.63) is 76.1 Å². The third kappa shape index (κ3) is 3.99. The summed E-state index contributed by atoms with van der Waals surface area (Å²) in [4.78, 5) is 29.7. The number of benzene rings is 1. The number of Topliss-reactive ketones (excluding diaryl/α,β-unsaturated/α-hetero) is 2. The van der Waals surface area contributed by atoms with E-state index in [1.807, 2.05) is 12.1 Å². The minimum Gasteiger partial charge on any atom is -0.341 e. The Labute approximate surface area is 207 Å². The molecular weight excluding hydrogens is 438 g/mol. The van der Waals surface area contributed by atoms with E-state index in [9.17, 15) is 9.59 Å². The summed E-state index contributed by atoms with van der Waals surface area (Å²) in [6, 6.07) is 8.22. The summed E-state index contributed by atoms with van der Waals surface area (Å²) in [5.41, 5.74) is 5.74. The van der Waals surface area contributed by atoms with Crippen LogP contribution in [0.2, 0.25) is 0 Å². The average molecular weight is 474 g/mol. The Hall–Kier alpha value is -2.63. The van der Waals surface area contributed by atoms with Gasteiger partial charge in [0.1, 0.15) is 23.2 Å². The van der Waals surface area contributed by atoms with Crippen LogP contribution in [-0.2, 0) is 35.7 Å². The van der Waals surface area contributed by atoms with Crippen molar-refractivity contribution in [1.29, 1.82) is 0 Å². The van der Waals surface area contributed by atoms with E-state index >= 15 is 0 Å². The van der Waals surface area contributed by atoms with Crippen LogP contribution in [0.25, 0.3) is 0 Å². The molecule has 184 valence electrons. The largest absolute Gasteiger partial charge is 0.341 e. The van der Waals surface area contributed by atoms with Crippen LogP contribution in [0, 0.1) is 6.92 Å². The molecule has 0 N–H and O–H groups in total. The molecule has 5 rings (SSSR count). The van der Waals surface area contributed by atoms with Crippen molar-refractivity contribution in [3.8, 4) is 0 Å². The van der Waals surface area contributed by atoms with Crippen LogP contribution in [0.1, 0.15) is 92.8 Å². The zero-order valence-corrected chi connectivity index (χ0v) is 21.4. The molecule has 5 heteroatoms. The van der Waals surface area contributed by atoms with E-state index in [0.29, 0.717) is 43.7 Å². The topological polar surface area (TPSA) is 65.5 Å². The minimum atomic E-state index is -1.13. The first kappa shape index (κ1) is 24.1. The third-order valence-electron chi connectivity index (χ3n) is 7.87. The fraction of sp³-hybridized carbons (Fsp3) is 0.500. The fourth-order valence-corrected chi connectivity index (χ4v) is 5.75. The molecule has 0 radical (unpaired) electrons. The van der Waals surface area contributed by atoms with Crippen molar-refractivity contribution in [1.82, 2.24) is 4.98 Å². The SMILES string of the molecule is Cc1cc2c(cc1C1(c3ccc(C4C(=O)CCCC4=O)cn3)OCCCO1)C(C)(C)C=CC2(C)C. The summed E-state index contributed by atoms with van der Waals surface area (Å²) in [5.74, 6) is -1.86. The summed E-state index contributed by atoms with van der Waals surface area (Å²) in [6.07, 6.45) is 8.60. The Morgan fingerprint density at radius 3 is 2.00 bits per heavy atom. The van der Waals surface area contributed by atoms with Crippen molar-refractivity contribution in [3.63, 3.8) is 0 Å². The molecule has 1 aliphatic heterocycles. The molecule has 1 saturated carbocycles. The highest BCUT2D eigenvalue weighted by Gasteiger charge is 2.44. The summed E-state index contributed by atoms with van der Waals surface area (Å²) in [7, 11) is 0. The number of allylic oxidation sites excluding steroid dienone is 2. The predicted molar refractivity (Wildman–Crippen MR) is 135 cm³/mol. The number of hydrogen-bond donors (Lipinski definition) is 0. The molecule has 1 aromatic carbocycles. The number of ketones is 2. The summed E-state index contributed by atoms with van der Waals surface area (Å²) in [5, 5.41) is 0. The van der Waals surface area contributed by atoms with Crippen molar-refractivity contribution >= 4 is 11.6 Å². The highest BCUT2D eigenvalue weighted by atomic mass is 16.7. The van der Waals surface area contributed by atoms with Gasteiger partial charge in [0, 0.05) is 35.4 Å². The molecule has 3 aliphatic rings. The molecule has 2 aromatic rings. The molecule has 0 atom stereocenters. The van der Waals surface area contributed by atoms with Crippen molar-refractivity contribution < 1.29 is 19.1 Å². The maximum atomic E-state index is 12.5. The Kier molecular flexibility index (Phi) is 5.84. The highest BCUT2D eigenvalue weighted by Crippen LogP contribution is 2.46. The second-order valence-corrected chi connectivity index (χ2v) is 11.4. The van der Waals surface area contributed by atoms with Gasteiger partial charge in [-0.15, -0.1) is 0 Å². The monoisotopic (exact) mass is 473 g/mol. The Morgan fingerprint density at radius 1 is 0.829 bits per heavy atom. The molecule has 5 nitrogen and oxygen atoms in total. The van der Waals surface area contributed by atoms with Crippen LogP contribution in [0.5, 0.6) is 0 Å². The minimum absolute atomic E-state index is 0.0147. The summed E-state index contributed by atoms with van der Waals surface area (Å²) >= 11 is 0. The number of pyridine rings is 1. The molecule has 0 amide bonds. The van der Waals surface area contributed by atoms with E-state index in [1.54, 1.807) is 6.20 Å². The van der Waals surface area contributed by atoms with Gasteiger partial charge in [-0.1, -0.05) is 52.0 Å². The van der Waals surface area contributed by atoms with Crippen LogP contribution in [0.4, 0.5) is 0 Å². The molecule has 0 unspecified atom stereocenters. The van der Waals surface area contributed by atoms with Gasteiger partial charge in [-0.3, -0.25) is 14.6 Å². The van der Waals surface area contributed by atoms with E-state index in [2.05, 4.69) is 58.9 Å². The van der Waals surface area contributed by atoms with Crippen molar-refractivity contribution in [2.45, 2.75) is 82.8 Å². The molecule has 1 aromatic heterocycles. The number of nitrogens with zero attached hydrogens (tertiary/aromatic N) is 1. The van der Waals surface area contributed by atoms with E-state index < -0.39 is 11.7 Å². The Balaban J connectivity index is 1.62. The zero-order valence-electron chi connectivity index (χ0n) is 21.4. The van der Waals surface area contributed by atoms with Gasteiger partial charge in [-0.25, -0.2) is 0 Å². The van der Waals surface area contributed by atoms with Crippen LogP contribution in [0.15, 0.2) is 42.6 Å². The summed E-state index contributed by atoms with van der Waals surface area (Å²) in [6.45, 7) is 12.2. The molecule has 2 heterocycles. The lowest BCUT2D eigenvalue weighted by Gasteiger charge is -2.41. The second-order valence-electron chi connectivity index (χ2n) is 11.4. The number of carbonyl (C=O) groups is 2. The number of aryl methyl sites for hydroxylation is 1. The molecular formula is C30H35NO4. The number of rotatable bonds is 3. The Morgan fingerprint density at radius 2 is 1.43 bits per heavy atom. The van der Waals surface area contributed by atoms with E-state index in [0.717, 1.165) is 17.5 Å². The van der Waals surface area contributed by atoms with Crippen LogP contribution < -0.4 is 0 Å². The van der Waals surface area contributed by atoms with Gasteiger partial charge in [-0.2, -0.15) is 0 Å². The standard InChI is InChI=1S/C30H35NO4/c1-19-16-22-23(29(4,5)13-12-28(22,2)3)17-21(19)30(34-14-7-15-35-30)26-11-10-20(18-31-26)27-24(32)8-6-9-25(27)33/h10-13,16-18,27H,6-9,14-15H2,1-5H3. The normalized spacial score (nSPS) is 23.2. The number of ether oxygens (including phenoxy) is 2. The van der Waals surface area contributed by atoms with Gasteiger partial charge in [0.2, 0.25) is 5.79 Å². The molecule has 0 spiro atoms. The molecule has 0 bridgehead atoms. The maximum absolute atomic E-state index is 12.5. The molecule has 1 saturated heterocycles. The van der Waals surface area contributed by atoms with Crippen molar-refractivity contribution in [2.24, 2.45) is 0 Å². The quantitative estimate of drug-likeness (QED) is 0.431. The van der Waals surface area contributed by atoms with Gasteiger partial charge < -0.3 is 9.47 Å². The first-order valence-corrected chi connectivity index (χ1v) is 12.7. The smallest absolute Gasteiger partial charge is 0.240 e. The van der Waals surface area contributed by atoms with Crippen LogP contribution >= 0.6 is 0 Å². The predicted octanol–water partition coefficient (Wildman–Crippen LogP) is 5.56. The van der Waals surface area contributed by atoms with Gasteiger partial charge in [0.05, 0.1) is 13.2 Å². The first-order valence-electron chi connectivity index (χ1n) is 12.7. The van der Waals surface area contributed by atoms with Crippen LogP contribution in [-0.4, -0.2) is 29.8 Å². The number of carbonyl (C=O) groups excluding carboxylic acids is 2. The molecule has 2 aliphatic carbocycles. The number of hydrogen-bond acceptors (Lipinski definition) is 5. The first-order chi connectivity index (χ1) is 16.6. The fourth-order valence-electron chi connectivity index (χ4n) is 5.75. The van der Waals surface area contributed by atoms with Gasteiger partial charge in [0.25, 0.3) is 0 Å². The number of fused-ring (bicyclic) bond motifs is 1. The lowest BCUT2D eigenvalue weighted by molar-refractivity contribution is -0.251. The molecule has 35 heavy (non-hydrogen) atoms. The average Bonchev–Trinajstić information content (AvgIpc) is 2.83. The second kappa shape index (κ2) is 8.49. The van der Waals surface area contributed by atoms with Gasteiger partial charge in [0.15, 0.2) is 0 Å². The lowest BCUT2D eigenvalue weighted by Crippen LogP contribution is -2.41. The highest BCUT2D eigenvalue weighted by molar-refractivity contribution is 6.09.